The molecule has 1 aromatic heterocycles. The molecule has 5 rings (SSSR count). The Hall–Kier alpha value is -2.76. The topological polar surface area (TPSA) is 100 Å². The van der Waals surface area contributed by atoms with E-state index in [4.69, 9.17) is 23.5 Å². The minimum atomic E-state index is -4.05. The van der Waals surface area contributed by atoms with E-state index in [0.717, 1.165) is 52.4 Å². The second-order valence-electron chi connectivity index (χ2n) is 9.28. The summed E-state index contributed by atoms with van der Waals surface area (Å²) in [4.78, 5) is 0.154. The van der Waals surface area contributed by atoms with Crippen molar-refractivity contribution in [3.05, 3.63) is 64.4 Å². The van der Waals surface area contributed by atoms with Crippen LogP contribution in [0.5, 0.6) is 0 Å². The second-order valence-corrected chi connectivity index (χ2v) is 11.1. The van der Waals surface area contributed by atoms with Crippen molar-refractivity contribution in [3.63, 3.8) is 0 Å². The van der Waals surface area contributed by atoms with Gasteiger partial charge in [0.25, 0.3) is 10.0 Å². The van der Waals surface area contributed by atoms with E-state index in [2.05, 4.69) is 5.16 Å². The van der Waals surface area contributed by atoms with Crippen molar-refractivity contribution >= 4 is 15.8 Å². The van der Waals surface area contributed by atoms with Gasteiger partial charge in [-0.05, 0) is 61.4 Å². The van der Waals surface area contributed by atoms with Crippen LogP contribution in [0.4, 0.5) is 5.82 Å². The van der Waals surface area contributed by atoms with E-state index in [1.165, 1.54) is 7.11 Å². The molecule has 9 nitrogen and oxygen atoms in total. The average molecular weight is 529 g/mol. The molecule has 37 heavy (non-hydrogen) atoms. The summed E-state index contributed by atoms with van der Waals surface area (Å²) in [5.41, 5.74) is 5.08. The van der Waals surface area contributed by atoms with E-state index in [1.54, 1.807) is 26.0 Å². The lowest BCUT2D eigenvalue weighted by molar-refractivity contribution is -0.169. The summed E-state index contributed by atoms with van der Waals surface area (Å²) in [6, 6.07) is 10.9. The van der Waals surface area contributed by atoms with Gasteiger partial charge in [-0.25, -0.2) is 12.7 Å². The van der Waals surface area contributed by atoms with Crippen LogP contribution in [0, 0.1) is 13.8 Å². The Labute approximate surface area is 217 Å². The van der Waals surface area contributed by atoms with Crippen molar-refractivity contribution in [3.8, 4) is 11.1 Å². The van der Waals surface area contributed by atoms with Crippen LogP contribution in [0.1, 0.15) is 47.3 Å². The second kappa shape index (κ2) is 10.9. The number of aromatic nitrogens is 1. The number of nitrogens with zero attached hydrogens (tertiary/aromatic N) is 2. The number of rotatable bonds is 9. The number of aryl methyl sites for hydroxylation is 1. The summed E-state index contributed by atoms with van der Waals surface area (Å²) in [5, 5.41) is 4.00. The summed E-state index contributed by atoms with van der Waals surface area (Å²) >= 11 is 0. The highest BCUT2D eigenvalue weighted by atomic mass is 32.2. The summed E-state index contributed by atoms with van der Waals surface area (Å²) in [6.07, 6.45) is 2.87. The lowest BCUT2D eigenvalue weighted by Gasteiger charge is -2.24. The number of sulfonamides is 1. The van der Waals surface area contributed by atoms with E-state index in [0.29, 0.717) is 36.7 Å². The first kappa shape index (κ1) is 25.9. The number of fused-ring (bicyclic) bond motifs is 1. The van der Waals surface area contributed by atoms with E-state index in [-0.39, 0.29) is 23.7 Å². The van der Waals surface area contributed by atoms with E-state index in [1.807, 2.05) is 24.3 Å². The van der Waals surface area contributed by atoms with Gasteiger partial charge >= 0.3 is 0 Å². The Morgan fingerprint density at radius 1 is 1.05 bits per heavy atom. The van der Waals surface area contributed by atoms with E-state index in [9.17, 15) is 8.42 Å². The van der Waals surface area contributed by atoms with Crippen LogP contribution < -0.4 is 4.31 Å². The zero-order valence-corrected chi connectivity index (χ0v) is 22.2. The Balaban J connectivity index is 1.52. The molecule has 2 aliphatic heterocycles. The van der Waals surface area contributed by atoms with Crippen molar-refractivity contribution in [1.82, 2.24) is 5.16 Å². The van der Waals surface area contributed by atoms with Gasteiger partial charge in [-0.3, -0.25) is 0 Å². The van der Waals surface area contributed by atoms with Crippen molar-refractivity contribution < 1.29 is 31.9 Å². The third-order valence-corrected chi connectivity index (χ3v) is 8.71. The SMILES string of the molecule is COCN(c1noc(C)c1C)S(=O)(=O)c1ccccc1-c1ccc(COC2CCCCO2)c2c1COC2. The first-order chi connectivity index (χ1) is 17.9. The van der Waals surface area contributed by atoms with Gasteiger partial charge in [-0.15, -0.1) is 0 Å². The minimum Gasteiger partial charge on any atom is -0.372 e. The molecule has 0 aliphatic carbocycles. The number of hydrogen-bond acceptors (Lipinski definition) is 8. The van der Waals surface area contributed by atoms with Crippen molar-refractivity contribution in [2.45, 2.75) is 64.1 Å². The molecular formula is C27H32N2O7S. The van der Waals surface area contributed by atoms with Crippen LogP contribution in [0.2, 0.25) is 0 Å². The predicted octanol–water partition coefficient (Wildman–Crippen LogP) is 4.83. The van der Waals surface area contributed by atoms with E-state index < -0.39 is 10.0 Å². The summed E-state index contributed by atoms with van der Waals surface area (Å²) in [6.45, 7) is 5.31. The molecule has 3 aromatic rings. The summed E-state index contributed by atoms with van der Waals surface area (Å²) in [7, 11) is -2.61. The molecule has 0 spiro atoms. The van der Waals surface area contributed by atoms with Crippen molar-refractivity contribution in [2.24, 2.45) is 0 Å². The molecule has 1 saturated heterocycles. The molecule has 0 saturated carbocycles. The molecule has 3 heterocycles. The Morgan fingerprint density at radius 3 is 2.59 bits per heavy atom. The van der Waals surface area contributed by atoms with Gasteiger partial charge in [0.2, 0.25) is 0 Å². The lowest BCUT2D eigenvalue weighted by atomic mass is 9.94. The van der Waals surface area contributed by atoms with E-state index >= 15 is 0 Å². The minimum absolute atomic E-state index is 0.154. The molecule has 2 aromatic carbocycles. The van der Waals surface area contributed by atoms with Gasteiger partial charge in [0.1, 0.15) is 12.5 Å². The molecule has 1 fully saturated rings. The van der Waals surface area contributed by atoms with Crippen LogP contribution >= 0.6 is 0 Å². The molecule has 198 valence electrons. The molecule has 0 bridgehead atoms. The smallest absolute Gasteiger partial charge is 0.268 e. The van der Waals surface area contributed by atoms with Gasteiger partial charge < -0.3 is 23.5 Å². The zero-order valence-electron chi connectivity index (χ0n) is 21.4. The summed E-state index contributed by atoms with van der Waals surface area (Å²) < 4.78 is 57.3. The van der Waals surface area contributed by atoms with Crippen LogP contribution in [-0.2, 0) is 48.8 Å². The largest absolute Gasteiger partial charge is 0.372 e. The first-order valence-electron chi connectivity index (χ1n) is 12.4. The van der Waals surface area contributed by atoms with Gasteiger partial charge in [0.05, 0.1) is 24.7 Å². The fraction of sp³-hybridized carbons (Fsp3) is 0.444. The maximum Gasteiger partial charge on any atom is 0.268 e. The maximum atomic E-state index is 14.0. The monoisotopic (exact) mass is 528 g/mol. The van der Waals surface area contributed by atoms with Gasteiger partial charge in [0, 0.05) is 24.8 Å². The number of benzene rings is 2. The molecule has 1 atom stereocenters. The molecular weight excluding hydrogens is 496 g/mol. The number of anilines is 1. The Kier molecular flexibility index (Phi) is 7.64. The van der Waals surface area contributed by atoms with Crippen molar-refractivity contribution in [1.29, 1.82) is 0 Å². The maximum absolute atomic E-state index is 14.0. The molecule has 0 radical (unpaired) electrons. The van der Waals surface area contributed by atoms with Crippen LogP contribution in [0.25, 0.3) is 11.1 Å². The van der Waals surface area contributed by atoms with Crippen LogP contribution in [-0.4, -0.2) is 40.3 Å². The Bertz CT molecular complexity index is 1360. The number of hydrogen-bond donors (Lipinski definition) is 0. The van der Waals surface area contributed by atoms with Crippen LogP contribution in [0.15, 0.2) is 45.8 Å². The standard InChI is InChI=1S/C27H32N2O7S/c1-18-19(2)36-28-27(18)29(17-32-3)37(30,31)25-9-5-4-8-22(25)21-12-11-20(23-15-33-16-24(21)23)14-35-26-10-6-7-13-34-26/h4-5,8-9,11-12,26H,6-7,10,13-17H2,1-3H3. The molecule has 10 heteroatoms. The van der Waals surface area contributed by atoms with Crippen LogP contribution in [0.3, 0.4) is 0 Å². The molecule has 0 N–H and O–H groups in total. The molecule has 2 aliphatic rings. The van der Waals surface area contributed by atoms with Gasteiger partial charge in [-0.2, -0.15) is 0 Å². The highest BCUT2D eigenvalue weighted by molar-refractivity contribution is 7.93. The highest BCUT2D eigenvalue weighted by Gasteiger charge is 2.33. The first-order valence-corrected chi connectivity index (χ1v) is 13.8. The lowest BCUT2D eigenvalue weighted by Crippen LogP contribution is -2.34. The van der Waals surface area contributed by atoms with Gasteiger partial charge in [0.15, 0.2) is 12.1 Å². The highest BCUT2D eigenvalue weighted by Crippen LogP contribution is 2.39. The summed E-state index contributed by atoms with van der Waals surface area (Å²) in [5.74, 6) is 0.756. The van der Waals surface area contributed by atoms with Crippen molar-refractivity contribution in [2.75, 3.05) is 24.8 Å². The third kappa shape index (κ3) is 5.04. The average Bonchev–Trinajstić information content (AvgIpc) is 3.54. The van der Waals surface area contributed by atoms with Gasteiger partial charge in [-0.1, -0.05) is 35.5 Å². The fourth-order valence-corrected chi connectivity index (χ4v) is 6.37. The third-order valence-electron chi connectivity index (χ3n) is 6.94. The number of ether oxygens (including phenoxy) is 4. The molecule has 1 unspecified atom stereocenters. The zero-order chi connectivity index (χ0) is 26.0. The molecule has 0 amide bonds. The quantitative estimate of drug-likeness (QED) is 0.364. The fourth-order valence-electron chi connectivity index (χ4n) is 4.79. The Morgan fingerprint density at radius 2 is 1.86 bits per heavy atom. The number of methoxy groups -OCH3 is 1. The normalized spacial score (nSPS) is 17.6. The predicted molar refractivity (Wildman–Crippen MR) is 136 cm³/mol.